The smallest absolute Gasteiger partial charge is 0.269 e. The number of piperidine rings is 1. The molecule has 0 radical (unpaired) electrons. The van der Waals surface area contributed by atoms with E-state index in [-0.39, 0.29) is 5.91 Å². The molecule has 0 bridgehead atoms. The van der Waals surface area contributed by atoms with Gasteiger partial charge in [-0.3, -0.25) is 19.7 Å². The highest BCUT2D eigenvalue weighted by atomic mass is 32.2. The zero-order valence-corrected chi connectivity index (χ0v) is 20.5. The van der Waals surface area contributed by atoms with Gasteiger partial charge in [0, 0.05) is 36.1 Å². The molecule has 0 aromatic carbocycles. The molecule has 1 saturated heterocycles. The molecule has 0 aliphatic carbocycles. The summed E-state index contributed by atoms with van der Waals surface area (Å²) >= 11 is 1.83. The Hall–Kier alpha value is -2.64. The lowest BCUT2D eigenvalue weighted by molar-refractivity contribution is 0.0932. The SMILES string of the molecule is CC=C(CN1CCC(CNC(=O)c2cc(N)ccn2)CC1)SC(=CCCC)c1ccccn1. The van der Waals surface area contributed by atoms with Crippen LogP contribution < -0.4 is 11.1 Å². The van der Waals surface area contributed by atoms with Crippen LogP contribution in [0.3, 0.4) is 0 Å². The van der Waals surface area contributed by atoms with E-state index in [1.165, 1.54) is 9.81 Å². The zero-order valence-electron chi connectivity index (χ0n) is 19.7. The second-order valence-electron chi connectivity index (χ2n) is 8.33. The number of pyridine rings is 2. The monoisotopic (exact) mass is 465 g/mol. The number of hydrogen-bond acceptors (Lipinski definition) is 6. The number of unbranched alkanes of at least 4 members (excludes halogenated alkanes) is 1. The first-order valence-corrected chi connectivity index (χ1v) is 12.6. The van der Waals surface area contributed by atoms with E-state index in [0.717, 1.165) is 51.0 Å². The average Bonchev–Trinajstić information content (AvgIpc) is 2.85. The lowest BCUT2D eigenvalue weighted by Crippen LogP contribution is -2.39. The van der Waals surface area contributed by atoms with Crippen molar-refractivity contribution in [3.63, 3.8) is 0 Å². The minimum absolute atomic E-state index is 0.154. The van der Waals surface area contributed by atoms with E-state index in [2.05, 4.69) is 52.3 Å². The summed E-state index contributed by atoms with van der Waals surface area (Å²) in [7, 11) is 0. The summed E-state index contributed by atoms with van der Waals surface area (Å²) in [4.78, 5) is 26.1. The van der Waals surface area contributed by atoms with Gasteiger partial charge in [-0.25, -0.2) is 0 Å². The maximum atomic E-state index is 12.3. The van der Waals surface area contributed by atoms with Crippen LogP contribution in [-0.4, -0.2) is 47.0 Å². The van der Waals surface area contributed by atoms with Gasteiger partial charge in [0.2, 0.25) is 0 Å². The first kappa shape index (κ1) is 25.0. The third-order valence-electron chi connectivity index (χ3n) is 5.75. The Morgan fingerprint density at radius 1 is 1.21 bits per heavy atom. The van der Waals surface area contributed by atoms with E-state index in [1.807, 2.05) is 30.1 Å². The highest BCUT2D eigenvalue weighted by molar-refractivity contribution is 8.11. The van der Waals surface area contributed by atoms with Crippen LogP contribution in [0.5, 0.6) is 0 Å². The third-order valence-corrected chi connectivity index (χ3v) is 6.98. The van der Waals surface area contributed by atoms with Gasteiger partial charge in [0.1, 0.15) is 5.69 Å². The summed E-state index contributed by atoms with van der Waals surface area (Å²) in [5.41, 5.74) is 7.72. The lowest BCUT2D eigenvalue weighted by Gasteiger charge is -2.32. The van der Waals surface area contributed by atoms with Gasteiger partial charge in [0.05, 0.1) is 5.69 Å². The zero-order chi connectivity index (χ0) is 23.5. The van der Waals surface area contributed by atoms with Crippen molar-refractivity contribution in [2.24, 2.45) is 5.92 Å². The molecule has 0 atom stereocenters. The Balaban J connectivity index is 1.47. The number of carbonyl (C=O) groups is 1. The van der Waals surface area contributed by atoms with E-state index in [1.54, 1.807) is 18.3 Å². The molecule has 0 saturated carbocycles. The largest absolute Gasteiger partial charge is 0.399 e. The Kier molecular flexibility index (Phi) is 9.97. The summed E-state index contributed by atoms with van der Waals surface area (Å²) in [5.74, 6) is 0.333. The van der Waals surface area contributed by atoms with Crippen LogP contribution in [0.25, 0.3) is 4.91 Å². The minimum atomic E-state index is -0.154. The van der Waals surface area contributed by atoms with Crippen molar-refractivity contribution in [2.75, 3.05) is 31.9 Å². The number of thioether (sulfide) groups is 1. The van der Waals surface area contributed by atoms with Gasteiger partial charge in [-0.05, 0) is 74.4 Å². The molecule has 3 rings (SSSR count). The summed E-state index contributed by atoms with van der Waals surface area (Å²) < 4.78 is 0. The van der Waals surface area contributed by atoms with Crippen LogP contribution in [0.4, 0.5) is 5.69 Å². The highest BCUT2D eigenvalue weighted by Gasteiger charge is 2.21. The number of hydrogen-bond donors (Lipinski definition) is 2. The first-order valence-electron chi connectivity index (χ1n) is 11.8. The molecular weight excluding hydrogens is 430 g/mol. The number of carbonyl (C=O) groups excluding carboxylic acids is 1. The predicted octanol–water partition coefficient (Wildman–Crippen LogP) is 4.98. The van der Waals surface area contributed by atoms with Crippen molar-refractivity contribution in [2.45, 2.75) is 39.5 Å². The van der Waals surface area contributed by atoms with Crippen molar-refractivity contribution >= 4 is 28.3 Å². The van der Waals surface area contributed by atoms with Gasteiger partial charge in [-0.2, -0.15) is 0 Å². The molecule has 6 nitrogen and oxygen atoms in total. The normalized spacial score (nSPS) is 16.1. The second kappa shape index (κ2) is 13.2. The number of nitrogens with one attached hydrogen (secondary N) is 1. The molecule has 0 spiro atoms. The van der Waals surface area contributed by atoms with E-state index in [0.29, 0.717) is 23.8 Å². The molecule has 3 N–H and O–H groups in total. The lowest BCUT2D eigenvalue weighted by atomic mass is 9.96. The number of nitrogens with two attached hydrogens (primary N) is 1. The fourth-order valence-corrected chi connectivity index (χ4v) is 4.85. The Morgan fingerprint density at radius 2 is 2.00 bits per heavy atom. The molecule has 0 unspecified atom stereocenters. The van der Waals surface area contributed by atoms with E-state index >= 15 is 0 Å². The number of aromatic nitrogens is 2. The number of anilines is 1. The van der Waals surface area contributed by atoms with Gasteiger partial charge in [-0.1, -0.05) is 43.3 Å². The number of rotatable bonds is 10. The van der Waals surface area contributed by atoms with E-state index < -0.39 is 0 Å². The Morgan fingerprint density at radius 3 is 2.67 bits per heavy atom. The van der Waals surface area contributed by atoms with E-state index in [4.69, 9.17) is 5.73 Å². The van der Waals surface area contributed by atoms with Crippen molar-refractivity contribution in [1.82, 2.24) is 20.2 Å². The molecule has 176 valence electrons. The minimum Gasteiger partial charge on any atom is -0.399 e. The topological polar surface area (TPSA) is 84.1 Å². The number of nitrogen functional groups attached to an aromatic ring is 1. The van der Waals surface area contributed by atoms with Crippen LogP contribution in [-0.2, 0) is 0 Å². The third kappa shape index (κ3) is 8.02. The number of nitrogens with zero attached hydrogens (tertiary/aromatic N) is 3. The van der Waals surface area contributed by atoms with Gasteiger partial charge < -0.3 is 11.1 Å². The maximum absolute atomic E-state index is 12.3. The van der Waals surface area contributed by atoms with Crippen LogP contribution >= 0.6 is 11.8 Å². The second-order valence-corrected chi connectivity index (χ2v) is 9.50. The van der Waals surface area contributed by atoms with Crippen LogP contribution in [0.1, 0.15) is 55.7 Å². The summed E-state index contributed by atoms with van der Waals surface area (Å²) in [5, 5.41) is 3.02. The number of likely N-dealkylation sites (tertiary alicyclic amines) is 1. The van der Waals surface area contributed by atoms with Crippen molar-refractivity contribution in [3.8, 4) is 0 Å². The molecule has 1 fully saturated rings. The van der Waals surface area contributed by atoms with Crippen molar-refractivity contribution in [3.05, 3.63) is 71.2 Å². The number of allylic oxidation sites excluding steroid dienone is 2. The van der Waals surface area contributed by atoms with Gasteiger partial charge in [0.25, 0.3) is 5.91 Å². The quantitative estimate of drug-likeness (QED) is 0.515. The van der Waals surface area contributed by atoms with Crippen LogP contribution in [0, 0.1) is 5.92 Å². The maximum Gasteiger partial charge on any atom is 0.269 e. The molecule has 1 aliphatic rings. The number of amides is 1. The summed E-state index contributed by atoms with van der Waals surface area (Å²) in [6.07, 6.45) is 12.3. The van der Waals surface area contributed by atoms with Crippen molar-refractivity contribution < 1.29 is 4.79 Å². The fourth-order valence-electron chi connectivity index (χ4n) is 3.77. The molecule has 33 heavy (non-hydrogen) atoms. The molecular formula is C26H35N5OS. The predicted molar refractivity (Wildman–Crippen MR) is 139 cm³/mol. The summed E-state index contributed by atoms with van der Waals surface area (Å²) in [6, 6.07) is 9.39. The first-order chi connectivity index (χ1) is 16.1. The van der Waals surface area contributed by atoms with Crippen molar-refractivity contribution in [1.29, 1.82) is 0 Å². The average molecular weight is 466 g/mol. The van der Waals surface area contributed by atoms with Crippen LogP contribution in [0.15, 0.2) is 59.8 Å². The van der Waals surface area contributed by atoms with Gasteiger partial charge >= 0.3 is 0 Å². The fraction of sp³-hybridized carbons (Fsp3) is 0.423. The van der Waals surface area contributed by atoms with Gasteiger partial charge in [0.15, 0.2) is 0 Å². The molecule has 1 amide bonds. The Labute approximate surface area is 201 Å². The summed E-state index contributed by atoms with van der Waals surface area (Å²) in [6.45, 7) is 8.01. The molecule has 2 aromatic rings. The molecule has 3 heterocycles. The Bertz CT molecular complexity index is 952. The molecule has 7 heteroatoms. The molecule has 2 aromatic heterocycles. The highest BCUT2D eigenvalue weighted by Crippen LogP contribution is 2.34. The van der Waals surface area contributed by atoms with Gasteiger partial charge in [-0.15, -0.1) is 0 Å². The van der Waals surface area contributed by atoms with E-state index in [9.17, 15) is 4.79 Å². The standard InChI is InChI=1S/C26H35N5OS/c1-3-5-9-25(23-8-6-7-13-28-23)33-22(4-2)19-31-15-11-20(12-16-31)18-30-26(32)24-17-21(27)10-14-29-24/h4,6-10,13-14,17,20H,3,5,11-12,15-16,18-19H2,1-2H3,(H2,27,29)(H,30,32). The molecule has 1 aliphatic heterocycles. The van der Waals surface area contributed by atoms with Crippen LogP contribution in [0.2, 0.25) is 0 Å².